The van der Waals surface area contributed by atoms with Gasteiger partial charge in [0.2, 0.25) is 0 Å². The number of amides is 2. The van der Waals surface area contributed by atoms with Crippen molar-refractivity contribution in [2.75, 3.05) is 18.4 Å². The van der Waals surface area contributed by atoms with Gasteiger partial charge in [0.25, 0.3) is 11.8 Å². The Kier molecular flexibility index (Phi) is 5.54. The average Bonchev–Trinajstić information content (AvgIpc) is 3.55. The van der Waals surface area contributed by atoms with Crippen LogP contribution in [0.3, 0.4) is 0 Å². The summed E-state index contributed by atoms with van der Waals surface area (Å²) in [6, 6.07) is 19.4. The summed E-state index contributed by atoms with van der Waals surface area (Å²) < 4.78 is 1.04. The first-order chi connectivity index (χ1) is 17.2. The number of aromatic nitrogens is 2. The van der Waals surface area contributed by atoms with E-state index in [0.29, 0.717) is 16.1 Å². The Morgan fingerprint density at radius 2 is 1.83 bits per heavy atom. The number of aromatic amines is 1. The first kappa shape index (κ1) is 21.6. The van der Waals surface area contributed by atoms with Crippen LogP contribution in [-0.2, 0) is 0 Å². The minimum absolute atomic E-state index is 0.0281. The summed E-state index contributed by atoms with van der Waals surface area (Å²) in [5, 5.41) is 5.05. The molecule has 0 unspecified atom stereocenters. The fraction of sp³-hybridized carbons (Fsp3) is 0.179. The largest absolute Gasteiger partial charge is 0.346 e. The normalized spacial score (nSPS) is 13.9. The summed E-state index contributed by atoms with van der Waals surface area (Å²) in [7, 11) is 0. The van der Waals surface area contributed by atoms with Gasteiger partial charge in [0.1, 0.15) is 5.65 Å². The highest BCUT2D eigenvalue weighted by molar-refractivity contribution is 7.21. The second-order valence-electron chi connectivity index (χ2n) is 8.86. The number of benzene rings is 2. The SMILES string of the molecule is O=C(Nc1cccc(C(=O)N2CCCCC2)c1)c1cc2c(-c3cnc4[nH]ccc4c3)cccc2s1. The zero-order valence-electron chi connectivity index (χ0n) is 19.1. The topological polar surface area (TPSA) is 78.1 Å². The Labute approximate surface area is 206 Å². The summed E-state index contributed by atoms with van der Waals surface area (Å²) >= 11 is 1.46. The van der Waals surface area contributed by atoms with Crippen LogP contribution in [0.2, 0.25) is 0 Å². The molecule has 2 aromatic carbocycles. The highest BCUT2D eigenvalue weighted by Crippen LogP contribution is 2.35. The minimum Gasteiger partial charge on any atom is -0.346 e. The van der Waals surface area contributed by atoms with E-state index in [2.05, 4.69) is 27.4 Å². The zero-order valence-corrected chi connectivity index (χ0v) is 19.9. The van der Waals surface area contributed by atoms with Crippen molar-refractivity contribution in [2.24, 2.45) is 0 Å². The second kappa shape index (κ2) is 9.00. The van der Waals surface area contributed by atoms with Gasteiger partial charge in [-0.2, -0.15) is 0 Å². The van der Waals surface area contributed by atoms with E-state index < -0.39 is 0 Å². The number of nitrogens with zero attached hydrogens (tertiary/aromatic N) is 2. The van der Waals surface area contributed by atoms with Crippen LogP contribution in [0.4, 0.5) is 5.69 Å². The number of carbonyl (C=O) groups is 2. The summed E-state index contributed by atoms with van der Waals surface area (Å²) in [5.41, 5.74) is 4.14. The van der Waals surface area contributed by atoms with E-state index in [0.717, 1.165) is 58.2 Å². The fourth-order valence-electron chi connectivity index (χ4n) is 4.71. The maximum absolute atomic E-state index is 13.1. The van der Waals surface area contributed by atoms with Crippen LogP contribution >= 0.6 is 11.3 Å². The molecular weight excluding hydrogens is 456 g/mol. The van der Waals surface area contributed by atoms with Crippen molar-refractivity contribution in [3.8, 4) is 11.1 Å². The van der Waals surface area contributed by atoms with Gasteiger partial charge in [-0.1, -0.05) is 18.2 Å². The number of fused-ring (bicyclic) bond motifs is 2. The fourth-order valence-corrected chi connectivity index (χ4v) is 5.70. The Morgan fingerprint density at radius 1 is 0.971 bits per heavy atom. The number of nitrogens with one attached hydrogen (secondary N) is 2. The quantitative estimate of drug-likeness (QED) is 0.316. The number of thiophene rings is 1. The van der Waals surface area contributed by atoms with Crippen molar-refractivity contribution in [2.45, 2.75) is 19.3 Å². The van der Waals surface area contributed by atoms with Gasteiger partial charge in [-0.15, -0.1) is 11.3 Å². The van der Waals surface area contributed by atoms with Crippen molar-refractivity contribution in [1.29, 1.82) is 0 Å². The smallest absolute Gasteiger partial charge is 0.265 e. The van der Waals surface area contributed by atoms with Crippen molar-refractivity contribution < 1.29 is 9.59 Å². The Hall–Kier alpha value is -3.97. The minimum atomic E-state index is -0.182. The molecule has 174 valence electrons. The molecule has 1 fully saturated rings. The van der Waals surface area contributed by atoms with Crippen molar-refractivity contribution >= 4 is 50.0 Å². The monoisotopic (exact) mass is 480 g/mol. The molecule has 4 heterocycles. The van der Waals surface area contributed by atoms with Crippen molar-refractivity contribution in [3.05, 3.63) is 83.5 Å². The van der Waals surface area contributed by atoms with Gasteiger partial charge in [0.05, 0.1) is 4.88 Å². The molecule has 0 bridgehead atoms. The highest BCUT2D eigenvalue weighted by atomic mass is 32.1. The van der Waals surface area contributed by atoms with Gasteiger partial charge >= 0.3 is 0 Å². The summed E-state index contributed by atoms with van der Waals surface area (Å²) in [5.74, 6) is -0.153. The number of anilines is 1. The molecule has 3 aromatic heterocycles. The maximum atomic E-state index is 13.1. The maximum Gasteiger partial charge on any atom is 0.265 e. The number of pyridine rings is 1. The van der Waals surface area contributed by atoms with Gasteiger partial charge in [-0.3, -0.25) is 9.59 Å². The summed E-state index contributed by atoms with van der Waals surface area (Å²) in [6.45, 7) is 1.60. The van der Waals surface area contributed by atoms with Gasteiger partial charge in [-0.25, -0.2) is 4.98 Å². The van der Waals surface area contributed by atoms with Crippen molar-refractivity contribution in [1.82, 2.24) is 14.9 Å². The predicted molar refractivity (Wildman–Crippen MR) is 141 cm³/mol. The average molecular weight is 481 g/mol. The zero-order chi connectivity index (χ0) is 23.8. The van der Waals surface area contributed by atoms with Crippen LogP contribution in [0, 0.1) is 0 Å². The van der Waals surface area contributed by atoms with Crippen LogP contribution in [0.1, 0.15) is 39.3 Å². The lowest BCUT2D eigenvalue weighted by molar-refractivity contribution is 0.0724. The third kappa shape index (κ3) is 4.19. The molecule has 2 amide bonds. The molecule has 6 rings (SSSR count). The van der Waals surface area contributed by atoms with E-state index in [4.69, 9.17) is 0 Å². The standard InChI is InChI=1S/C28H24N4O2S/c33-27(31-21-7-4-6-19(15-21)28(34)32-12-2-1-3-13-32)25-16-23-22(8-5-9-24(23)35-25)20-14-18-10-11-29-26(18)30-17-20/h4-11,14-17H,1-3,12-13H2,(H,29,30)(H,31,33). The molecule has 0 aliphatic carbocycles. The van der Waals surface area contributed by atoms with Crippen LogP contribution in [0.15, 0.2) is 73.1 Å². The summed E-state index contributed by atoms with van der Waals surface area (Å²) in [4.78, 5) is 36.2. The Balaban J connectivity index is 1.26. The lowest BCUT2D eigenvalue weighted by Gasteiger charge is -2.26. The molecule has 6 nitrogen and oxygen atoms in total. The lowest BCUT2D eigenvalue weighted by atomic mass is 10.0. The van der Waals surface area contributed by atoms with E-state index >= 15 is 0 Å². The van der Waals surface area contributed by atoms with Crippen LogP contribution in [-0.4, -0.2) is 39.8 Å². The number of rotatable bonds is 4. The van der Waals surface area contributed by atoms with Crippen LogP contribution in [0.25, 0.3) is 32.2 Å². The number of hydrogen-bond acceptors (Lipinski definition) is 4. The predicted octanol–water partition coefficient (Wildman–Crippen LogP) is 6.32. The summed E-state index contributed by atoms with van der Waals surface area (Å²) in [6.07, 6.45) is 7.00. The number of carbonyl (C=O) groups excluding carboxylic acids is 2. The van der Waals surface area contributed by atoms with Gasteiger partial charge < -0.3 is 15.2 Å². The third-order valence-corrected chi connectivity index (χ3v) is 7.61. The first-order valence-corrected chi connectivity index (χ1v) is 12.6. The van der Waals surface area contributed by atoms with Gasteiger partial charge in [0.15, 0.2) is 0 Å². The molecule has 7 heteroatoms. The van der Waals surface area contributed by atoms with E-state index in [9.17, 15) is 9.59 Å². The van der Waals surface area contributed by atoms with Gasteiger partial charge in [-0.05, 0) is 67.3 Å². The Morgan fingerprint density at radius 3 is 2.71 bits per heavy atom. The second-order valence-corrected chi connectivity index (χ2v) is 9.94. The molecule has 2 N–H and O–H groups in total. The number of likely N-dealkylation sites (tertiary alicyclic amines) is 1. The molecule has 0 saturated carbocycles. The lowest BCUT2D eigenvalue weighted by Crippen LogP contribution is -2.35. The Bertz CT molecular complexity index is 1560. The van der Waals surface area contributed by atoms with Crippen LogP contribution < -0.4 is 5.32 Å². The molecule has 1 saturated heterocycles. The number of H-pyrrole nitrogens is 1. The van der Waals surface area contributed by atoms with E-state index in [1.807, 2.05) is 59.8 Å². The van der Waals surface area contributed by atoms with Gasteiger partial charge in [0, 0.05) is 57.8 Å². The van der Waals surface area contributed by atoms with E-state index in [1.54, 1.807) is 6.07 Å². The third-order valence-electron chi connectivity index (χ3n) is 6.51. The molecule has 0 atom stereocenters. The molecule has 1 aliphatic heterocycles. The molecule has 0 spiro atoms. The van der Waals surface area contributed by atoms with E-state index in [-0.39, 0.29) is 11.8 Å². The first-order valence-electron chi connectivity index (χ1n) is 11.8. The van der Waals surface area contributed by atoms with E-state index in [1.165, 1.54) is 17.8 Å². The molecular formula is C28H24N4O2S. The number of piperidine rings is 1. The van der Waals surface area contributed by atoms with Crippen molar-refractivity contribution in [3.63, 3.8) is 0 Å². The molecule has 0 radical (unpaired) electrons. The van der Waals surface area contributed by atoms with Crippen LogP contribution in [0.5, 0.6) is 0 Å². The molecule has 35 heavy (non-hydrogen) atoms. The number of hydrogen-bond donors (Lipinski definition) is 2. The molecule has 1 aliphatic rings. The highest BCUT2D eigenvalue weighted by Gasteiger charge is 2.19. The molecule has 5 aromatic rings.